The molecule has 8 nitrogen and oxygen atoms in total. The van der Waals surface area contributed by atoms with Gasteiger partial charge in [-0.15, -0.1) is 0 Å². The number of hydrogen-bond acceptors (Lipinski definition) is 6. The van der Waals surface area contributed by atoms with E-state index >= 15 is 0 Å². The van der Waals surface area contributed by atoms with Gasteiger partial charge in [0.2, 0.25) is 0 Å². The molecule has 0 amide bonds. The van der Waals surface area contributed by atoms with E-state index in [4.69, 9.17) is 5.73 Å². The maximum Gasteiger partial charge on any atom is 0.258 e. The molecule has 0 radical (unpaired) electrons. The van der Waals surface area contributed by atoms with Crippen molar-refractivity contribution in [2.24, 2.45) is 0 Å². The largest absolute Gasteiger partial charge is 0.397 e. The second kappa shape index (κ2) is 4.41. The number of aromatic nitrogens is 5. The van der Waals surface area contributed by atoms with Gasteiger partial charge >= 0.3 is 0 Å². The van der Waals surface area contributed by atoms with E-state index in [1.54, 1.807) is 12.1 Å². The lowest BCUT2D eigenvalue weighted by Gasteiger charge is -2.08. The number of benzene rings is 1. The number of nitrogens with two attached hydrogens (primary N) is 1. The number of nitrogen functional groups attached to an aromatic ring is 1. The van der Waals surface area contributed by atoms with Gasteiger partial charge in [-0.1, -0.05) is 0 Å². The number of rotatable bonds is 3. The van der Waals surface area contributed by atoms with E-state index in [0.717, 1.165) is 0 Å². The Labute approximate surface area is 107 Å². The Balaban J connectivity index is 1.95. The molecule has 0 fully saturated rings. The fraction of sp³-hybridized carbons (Fsp3) is 0.0909. The molecule has 5 N–H and O–H groups in total. The monoisotopic (exact) mass is 257 g/mol. The van der Waals surface area contributed by atoms with Gasteiger partial charge in [-0.2, -0.15) is 5.10 Å². The van der Waals surface area contributed by atoms with Crippen LogP contribution in [0.3, 0.4) is 0 Å². The van der Waals surface area contributed by atoms with Crippen molar-refractivity contribution in [1.29, 1.82) is 0 Å². The molecule has 1 aromatic carbocycles. The van der Waals surface area contributed by atoms with Crippen LogP contribution in [-0.2, 0) is 6.54 Å². The number of H-pyrrole nitrogens is 2. The average molecular weight is 257 g/mol. The zero-order valence-corrected chi connectivity index (χ0v) is 9.84. The van der Waals surface area contributed by atoms with Gasteiger partial charge in [0.1, 0.15) is 12.2 Å². The number of hydrogen-bond donors (Lipinski definition) is 4. The maximum absolute atomic E-state index is 11.6. The molecule has 3 aromatic rings. The zero-order valence-electron chi connectivity index (χ0n) is 9.84. The lowest BCUT2D eigenvalue weighted by atomic mass is 10.2. The SMILES string of the molecule is Nc1cc2c(=O)[nH]cnc2cc1NCc1ncn[nH]1. The van der Waals surface area contributed by atoms with Gasteiger partial charge in [-0.3, -0.25) is 9.89 Å². The van der Waals surface area contributed by atoms with E-state index in [-0.39, 0.29) is 5.56 Å². The number of nitrogens with one attached hydrogen (secondary N) is 3. The topological polar surface area (TPSA) is 125 Å². The Bertz CT molecular complexity index is 762. The van der Waals surface area contributed by atoms with Crippen molar-refractivity contribution in [3.05, 3.63) is 41.0 Å². The number of anilines is 2. The van der Waals surface area contributed by atoms with Crippen molar-refractivity contribution in [3.63, 3.8) is 0 Å². The number of fused-ring (bicyclic) bond motifs is 1. The number of aromatic amines is 2. The highest BCUT2D eigenvalue weighted by molar-refractivity contribution is 5.88. The summed E-state index contributed by atoms with van der Waals surface area (Å²) in [6.07, 6.45) is 2.79. The van der Waals surface area contributed by atoms with Crippen LogP contribution < -0.4 is 16.6 Å². The lowest BCUT2D eigenvalue weighted by Crippen LogP contribution is -2.09. The third-order valence-electron chi connectivity index (χ3n) is 2.72. The first-order chi connectivity index (χ1) is 9.24. The van der Waals surface area contributed by atoms with E-state index in [0.29, 0.717) is 34.6 Å². The van der Waals surface area contributed by atoms with Crippen LogP contribution in [0.4, 0.5) is 11.4 Å². The third kappa shape index (κ3) is 2.10. The molecule has 19 heavy (non-hydrogen) atoms. The fourth-order valence-electron chi connectivity index (χ4n) is 1.78. The normalized spacial score (nSPS) is 10.7. The van der Waals surface area contributed by atoms with Gasteiger partial charge in [0, 0.05) is 0 Å². The highest BCUT2D eigenvalue weighted by Gasteiger charge is 2.06. The first-order valence-electron chi connectivity index (χ1n) is 5.59. The summed E-state index contributed by atoms with van der Waals surface area (Å²) in [5.41, 5.74) is 7.45. The lowest BCUT2D eigenvalue weighted by molar-refractivity contribution is 0.955. The molecule has 0 bridgehead atoms. The van der Waals surface area contributed by atoms with Crippen LogP contribution in [0.2, 0.25) is 0 Å². The molecular weight excluding hydrogens is 246 g/mol. The molecule has 2 aromatic heterocycles. The first-order valence-corrected chi connectivity index (χ1v) is 5.59. The Morgan fingerprint density at radius 3 is 3.00 bits per heavy atom. The molecule has 8 heteroatoms. The van der Waals surface area contributed by atoms with Crippen molar-refractivity contribution in [2.75, 3.05) is 11.1 Å². The van der Waals surface area contributed by atoms with Gasteiger partial charge < -0.3 is 16.0 Å². The Morgan fingerprint density at radius 2 is 2.21 bits per heavy atom. The van der Waals surface area contributed by atoms with Crippen LogP contribution in [0.1, 0.15) is 5.82 Å². The minimum atomic E-state index is -0.210. The van der Waals surface area contributed by atoms with Crippen LogP contribution in [0, 0.1) is 0 Å². The van der Waals surface area contributed by atoms with E-state index < -0.39 is 0 Å². The summed E-state index contributed by atoms with van der Waals surface area (Å²) in [6, 6.07) is 3.33. The minimum Gasteiger partial charge on any atom is -0.397 e. The van der Waals surface area contributed by atoms with Crippen LogP contribution in [0.25, 0.3) is 10.9 Å². The highest BCUT2D eigenvalue weighted by atomic mass is 16.1. The summed E-state index contributed by atoms with van der Waals surface area (Å²) in [7, 11) is 0. The third-order valence-corrected chi connectivity index (χ3v) is 2.72. The van der Waals surface area contributed by atoms with Gasteiger partial charge in [0.15, 0.2) is 0 Å². The molecular formula is C11H11N7O. The number of nitrogens with zero attached hydrogens (tertiary/aromatic N) is 3. The molecule has 3 rings (SSSR count). The molecule has 0 saturated carbocycles. The first kappa shape index (κ1) is 11.2. The minimum absolute atomic E-state index is 0.210. The summed E-state index contributed by atoms with van der Waals surface area (Å²) in [5.74, 6) is 0.693. The highest BCUT2D eigenvalue weighted by Crippen LogP contribution is 2.23. The predicted molar refractivity (Wildman–Crippen MR) is 70.5 cm³/mol. The van der Waals surface area contributed by atoms with Crippen LogP contribution in [-0.4, -0.2) is 25.1 Å². The van der Waals surface area contributed by atoms with Gasteiger partial charge in [-0.25, -0.2) is 9.97 Å². The fourth-order valence-corrected chi connectivity index (χ4v) is 1.78. The van der Waals surface area contributed by atoms with Crippen LogP contribution in [0.15, 0.2) is 29.6 Å². The van der Waals surface area contributed by atoms with Gasteiger partial charge in [0.25, 0.3) is 5.56 Å². The Morgan fingerprint density at radius 1 is 1.32 bits per heavy atom. The summed E-state index contributed by atoms with van der Waals surface area (Å²) in [5, 5.41) is 10.1. The van der Waals surface area contributed by atoms with Crippen molar-refractivity contribution in [1.82, 2.24) is 25.1 Å². The second-order valence-electron chi connectivity index (χ2n) is 3.97. The Hall–Kier alpha value is -2.90. The molecule has 0 saturated heterocycles. The molecule has 96 valence electrons. The van der Waals surface area contributed by atoms with Crippen molar-refractivity contribution >= 4 is 22.3 Å². The van der Waals surface area contributed by atoms with Crippen molar-refractivity contribution < 1.29 is 0 Å². The van der Waals surface area contributed by atoms with E-state index in [9.17, 15) is 4.79 Å². The van der Waals surface area contributed by atoms with Crippen LogP contribution >= 0.6 is 0 Å². The molecule has 0 spiro atoms. The summed E-state index contributed by atoms with van der Waals surface area (Å²) < 4.78 is 0. The van der Waals surface area contributed by atoms with Crippen LogP contribution in [0.5, 0.6) is 0 Å². The molecule has 0 aliphatic rings. The molecule has 0 aliphatic heterocycles. The van der Waals surface area contributed by atoms with Gasteiger partial charge in [-0.05, 0) is 12.1 Å². The molecule has 2 heterocycles. The average Bonchev–Trinajstić information content (AvgIpc) is 2.91. The van der Waals surface area contributed by atoms with E-state index in [1.807, 2.05) is 0 Å². The Kier molecular flexibility index (Phi) is 2.60. The molecule has 0 unspecified atom stereocenters. The molecule has 0 atom stereocenters. The van der Waals surface area contributed by atoms with Crippen molar-refractivity contribution in [2.45, 2.75) is 6.54 Å². The molecule has 0 aliphatic carbocycles. The second-order valence-corrected chi connectivity index (χ2v) is 3.97. The van der Waals surface area contributed by atoms with Crippen molar-refractivity contribution in [3.8, 4) is 0 Å². The maximum atomic E-state index is 11.6. The summed E-state index contributed by atoms with van der Waals surface area (Å²) >= 11 is 0. The predicted octanol–water partition coefficient (Wildman–Crippen LogP) is 0.235. The zero-order chi connectivity index (χ0) is 13.2. The van der Waals surface area contributed by atoms with Gasteiger partial charge in [0.05, 0.1) is 35.1 Å². The quantitative estimate of drug-likeness (QED) is 0.498. The summed E-state index contributed by atoms with van der Waals surface area (Å²) in [6.45, 7) is 0.457. The standard InChI is InChI=1S/C11H11N7O/c12-7-1-6-8(14-4-16-11(6)19)2-9(7)13-3-10-15-5-17-18-10/h1-2,4-5,13H,3,12H2,(H,14,16,19)(H,15,17,18). The summed E-state index contributed by atoms with van der Waals surface area (Å²) in [4.78, 5) is 22.2. The van der Waals surface area contributed by atoms with E-state index in [2.05, 4.69) is 30.5 Å². The smallest absolute Gasteiger partial charge is 0.258 e. The van der Waals surface area contributed by atoms with E-state index in [1.165, 1.54) is 12.7 Å².